The molecular formula is C27H29N3O6S2. The Bertz CT molecular complexity index is 1460. The van der Waals surface area contributed by atoms with E-state index in [0.717, 1.165) is 29.1 Å². The van der Waals surface area contributed by atoms with Crippen molar-refractivity contribution in [1.29, 1.82) is 0 Å². The minimum atomic E-state index is -3.79. The Labute approximate surface area is 225 Å². The summed E-state index contributed by atoms with van der Waals surface area (Å²) in [6.45, 7) is 2.10. The fraction of sp³-hybridized carbons (Fsp3) is 0.333. The quantitative estimate of drug-likeness (QED) is 0.283. The molecule has 2 aromatic carbocycles. The molecule has 0 saturated carbocycles. The van der Waals surface area contributed by atoms with E-state index < -0.39 is 10.0 Å². The number of methoxy groups -OCH3 is 1. The summed E-state index contributed by atoms with van der Waals surface area (Å²) in [6.07, 6.45) is 2.04. The lowest BCUT2D eigenvalue weighted by Gasteiger charge is -2.33. The van der Waals surface area contributed by atoms with Gasteiger partial charge in [0.05, 0.1) is 23.8 Å². The van der Waals surface area contributed by atoms with E-state index in [9.17, 15) is 8.42 Å². The normalized spacial score (nSPS) is 15.5. The highest BCUT2D eigenvalue weighted by molar-refractivity contribution is 7.89. The van der Waals surface area contributed by atoms with Crippen LogP contribution in [-0.4, -0.2) is 45.3 Å². The lowest BCUT2D eigenvalue weighted by atomic mass is 9.95. The molecule has 200 valence electrons. The third-order valence-corrected chi connectivity index (χ3v) is 8.51. The number of oxazole rings is 1. The number of nitrogens with zero attached hydrogens (tertiary/aromatic N) is 2. The molecule has 0 aliphatic carbocycles. The molecule has 2 aromatic heterocycles. The van der Waals surface area contributed by atoms with Crippen molar-refractivity contribution in [2.45, 2.75) is 36.4 Å². The molecule has 9 nitrogen and oxygen atoms in total. The highest BCUT2D eigenvalue weighted by atomic mass is 32.2. The highest BCUT2D eigenvalue weighted by Gasteiger charge is 2.37. The molecule has 1 saturated heterocycles. The van der Waals surface area contributed by atoms with Gasteiger partial charge >= 0.3 is 0 Å². The van der Waals surface area contributed by atoms with Crippen LogP contribution in [0.4, 0.5) is 0 Å². The Balaban J connectivity index is 1.27. The maximum Gasteiger partial charge on any atom is 0.238 e. The molecule has 2 N–H and O–H groups in total. The van der Waals surface area contributed by atoms with Crippen LogP contribution < -0.4 is 5.14 Å². The van der Waals surface area contributed by atoms with Gasteiger partial charge in [-0.15, -0.1) is 11.3 Å². The molecule has 0 atom stereocenters. The summed E-state index contributed by atoms with van der Waals surface area (Å²) in [5.74, 6) is 1.08. The maximum atomic E-state index is 11.6. The number of ether oxygens (including phenoxy) is 3. The largest absolute Gasteiger partial charge is 0.440 e. The van der Waals surface area contributed by atoms with Crippen LogP contribution in [0.15, 0.2) is 69.3 Å². The van der Waals surface area contributed by atoms with E-state index in [1.807, 2.05) is 35.7 Å². The van der Waals surface area contributed by atoms with E-state index in [1.165, 1.54) is 12.1 Å². The first kappa shape index (κ1) is 26.7. The Kier molecular flexibility index (Phi) is 8.03. The first-order chi connectivity index (χ1) is 18.4. The Hall–Kier alpha value is -2.93. The second-order valence-electron chi connectivity index (χ2n) is 8.98. The topological polar surface area (TPSA) is 127 Å². The Morgan fingerprint density at radius 3 is 2.45 bits per heavy atom. The maximum absolute atomic E-state index is 11.6. The van der Waals surface area contributed by atoms with Crippen LogP contribution in [-0.2, 0) is 42.9 Å². The number of primary sulfonamides is 1. The molecule has 5 rings (SSSR count). The summed E-state index contributed by atoms with van der Waals surface area (Å²) in [4.78, 5) is 9.53. The van der Waals surface area contributed by atoms with Gasteiger partial charge in [0.25, 0.3) is 0 Å². The Morgan fingerprint density at radius 1 is 1.03 bits per heavy atom. The van der Waals surface area contributed by atoms with Crippen molar-refractivity contribution in [3.05, 3.63) is 76.6 Å². The molecule has 3 heterocycles. The molecular weight excluding hydrogens is 526 g/mol. The SMILES string of the molecule is COC1(c2nc(COCCc3nc(-c4ccccc4)c(-c4ccc(S(N)(=O)=O)cc4)o3)cs2)CCOCC1. The minimum absolute atomic E-state index is 0.0362. The third kappa shape index (κ3) is 5.88. The zero-order valence-electron chi connectivity index (χ0n) is 21.0. The molecule has 1 fully saturated rings. The van der Waals surface area contributed by atoms with Crippen molar-refractivity contribution < 1.29 is 27.0 Å². The van der Waals surface area contributed by atoms with Crippen LogP contribution in [0.2, 0.25) is 0 Å². The van der Waals surface area contributed by atoms with E-state index in [2.05, 4.69) is 0 Å². The number of benzene rings is 2. The van der Waals surface area contributed by atoms with Crippen LogP contribution in [0.3, 0.4) is 0 Å². The molecule has 0 unspecified atom stereocenters. The monoisotopic (exact) mass is 555 g/mol. The van der Waals surface area contributed by atoms with Gasteiger partial charge in [0.2, 0.25) is 10.0 Å². The van der Waals surface area contributed by atoms with E-state index in [4.69, 9.17) is 33.7 Å². The Morgan fingerprint density at radius 2 is 1.76 bits per heavy atom. The molecule has 0 radical (unpaired) electrons. The lowest BCUT2D eigenvalue weighted by Crippen LogP contribution is -2.35. The van der Waals surface area contributed by atoms with Crippen molar-refractivity contribution in [2.24, 2.45) is 5.14 Å². The number of hydrogen-bond donors (Lipinski definition) is 1. The molecule has 38 heavy (non-hydrogen) atoms. The second-order valence-corrected chi connectivity index (χ2v) is 11.4. The number of rotatable bonds is 10. The number of hydrogen-bond acceptors (Lipinski definition) is 9. The van der Waals surface area contributed by atoms with E-state index in [1.54, 1.807) is 30.6 Å². The summed E-state index contributed by atoms with van der Waals surface area (Å²) in [5.41, 5.74) is 2.75. The first-order valence-corrected chi connectivity index (χ1v) is 14.6. The number of nitrogens with two attached hydrogens (primary N) is 1. The fourth-order valence-electron chi connectivity index (χ4n) is 4.38. The van der Waals surface area contributed by atoms with Crippen LogP contribution in [0.5, 0.6) is 0 Å². The van der Waals surface area contributed by atoms with Crippen LogP contribution in [0.25, 0.3) is 22.6 Å². The average molecular weight is 556 g/mol. The van der Waals surface area contributed by atoms with E-state index in [0.29, 0.717) is 55.8 Å². The van der Waals surface area contributed by atoms with Gasteiger partial charge in [0, 0.05) is 56.1 Å². The number of sulfonamides is 1. The van der Waals surface area contributed by atoms with E-state index in [-0.39, 0.29) is 10.5 Å². The van der Waals surface area contributed by atoms with Crippen LogP contribution in [0, 0.1) is 0 Å². The van der Waals surface area contributed by atoms with Gasteiger partial charge in [-0.05, 0) is 24.3 Å². The molecule has 1 aliphatic heterocycles. The smallest absolute Gasteiger partial charge is 0.238 e. The number of thiazole rings is 1. The molecule has 11 heteroatoms. The molecule has 1 aliphatic rings. The van der Waals surface area contributed by atoms with Crippen LogP contribution in [0.1, 0.15) is 29.4 Å². The summed E-state index contributed by atoms with van der Waals surface area (Å²) >= 11 is 1.59. The van der Waals surface area contributed by atoms with Crippen molar-refractivity contribution in [2.75, 3.05) is 26.9 Å². The average Bonchev–Trinajstić information content (AvgIpc) is 3.60. The summed E-state index contributed by atoms with van der Waals surface area (Å²) in [6, 6.07) is 15.9. The van der Waals surface area contributed by atoms with Gasteiger partial charge in [0.15, 0.2) is 11.7 Å². The zero-order valence-corrected chi connectivity index (χ0v) is 22.6. The summed E-state index contributed by atoms with van der Waals surface area (Å²) in [7, 11) is -2.06. The molecule has 4 aromatic rings. The van der Waals surface area contributed by atoms with E-state index >= 15 is 0 Å². The minimum Gasteiger partial charge on any atom is -0.440 e. The standard InChI is InChI=1S/C27H29N3O6S2/c1-33-27(12-15-34-16-13-27)26-29-21(18-37-26)17-35-14-11-23-30-24(19-5-3-2-4-6-19)25(36-23)20-7-9-22(10-8-20)38(28,31)32/h2-10,18H,11-17H2,1H3,(H2,28,31,32). The summed E-state index contributed by atoms with van der Waals surface area (Å²) in [5, 5.41) is 8.21. The third-order valence-electron chi connectivity index (χ3n) is 6.51. The highest BCUT2D eigenvalue weighted by Crippen LogP contribution is 2.37. The first-order valence-electron chi connectivity index (χ1n) is 12.2. The van der Waals surface area contributed by atoms with Crippen molar-refractivity contribution in [3.63, 3.8) is 0 Å². The van der Waals surface area contributed by atoms with Gasteiger partial charge in [-0.3, -0.25) is 0 Å². The van der Waals surface area contributed by atoms with Crippen molar-refractivity contribution in [1.82, 2.24) is 9.97 Å². The summed E-state index contributed by atoms with van der Waals surface area (Å²) < 4.78 is 46.7. The zero-order chi connectivity index (χ0) is 26.6. The lowest BCUT2D eigenvalue weighted by molar-refractivity contribution is -0.0949. The van der Waals surface area contributed by atoms with Gasteiger partial charge in [-0.25, -0.2) is 23.5 Å². The van der Waals surface area contributed by atoms with Gasteiger partial charge in [-0.2, -0.15) is 0 Å². The van der Waals surface area contributed by atoms with Crippen LogP contribution >= 0.6 is 11.3 Å². The second kappa shape index (κ2) is 11.4. The van der Waals surface area contributed by atoms with Crippen molar-refractivity contribution >= 4 is 21.4 Å². The van der Waals surface area contributed by atoms with Gasteiger partial charge in [-0.1, -0.05) is 30.3 Å². The predicted octanol–water partition coefficient (Wildman–Crippen LogP) is 4.52. The van der Waals surface area contributed by atoms with Gasteiger partial charge in [0.1, 0.15) is 16.3 Å². The van der Waals surface area contributed by atoms with Gasteiger partial charge < -0.3 is 18.6 Å². The fourth-order valence-corrected chi connectivity index (χ4v) is 5.94. The predicted molar refractivity (Wildman–Crippen MR) is 143 cm³/mol. The van der Waals surface area contributed by atoms with Crippen molar-refractivity contribution in [3.8, 4) is 22.6 Å². The number of aromatic nitrogens is 2. The molecule has 0 spiro atoms. The molecule has 0 bridgehead atoms. The molecule has 0 amide bonds.